The number of hydrogen-bond donors (Lipinski definition) is 4. The smallest absolute Gasteiger partial charge is 0.407 e. The molecule has 12 heteroatoms. The van der Waals surface area contributed by atoms with E-state index in [2.05, 4.69) is 26.3 Å². The number of anilines is 2. The number of carbonyl (C=O) groups excluding carboxylic acids is 2. The fourth-order valence-corrected chi connectivity index (χ4v) is 5.53. The third kappa shape index (κ3) is 9.57. The Morgan fingerprint density at radius 1 is 0.872 bits per heavy atom. The standard InChI is InChI=1S/C35H46N8O4/c1-34(2,3)46-32(44)38-21-27(23-11-8-7-9-12-23)42-29-14-10-13-26(41-29)28-22-37-31-30(36-19-20-43(28)31)39-24-15-17-25(18-16-24)40-33(45)47-35(4,5)6/h7-14,19-20,22,24-25,27H,15-18,21H2,1-6H3,(H,36,39)(H,38,44)(H,40,45)(H,41,42)/t24-,25-,27?. The zero-order chi connectivity index (χ0) is 33.6. The quantitative estimate of drug-likeness (QED) is 0.156. The topological polar surface area (TPSA) is 144 Å². The Kier molecular flexibility index (Phi) is 10.2. The first-order valence-electron chi connectivity index (χ1n) is 16.2. The van der Waals surface area contributed by atoms with Crippen molar-refractivity contribution in [2.24, 2.45) is 0 Å². The highest BCUT2D eigenvalue weighted by Crippen LogP contribution is 2.27. The molecule has 1 saturated carbocycles. The Balaban J connectivity index is 1.26. The third-order valence-electron chi connectivity index (χ3n) is 7.60. The van der Waals surface area contributed by atoms with Crippen LogP contribution in [0.5, 0.6) is 0 Å². The van der Waals surface area contributed by atoms with Gasteiger partial charge in [-0.25, -0.2) is 24.5 Å². The maximum Gasteiger partial charge on any atom is 0.407 e. The number of pyridine rings is 1. The zero-order valence-electron chi connectivity index (χ0n) is 28.0. The fraction of sp³-hybridized carbons (Fsp3) is 0.457. The van der Waals surface area contributed by atoms with Gasteiger partial charge >= 0.3 is 12.2 Å². The van der Waals surface area contributed by atoms with Gasteiger partial charge in [0.2, 0.25) is 0 Å². The van der Waals surface area contributed by atoms with Gasteiger partial charge in [-0.2, -0.15) is 0 Å². The van der Waals surface area contributed by atoms with Crippen LogP contribution in [0, 0.1) is 0 Å². The number of amides is 2. The van der Waals surface area contributed by atoms with Gasteiger partial charge in [0.05, 0.1) is 23.6 Å². The number of nitrogens with zero attached hydrogens (tertiary/aromatic N) is 4. The molecule has 0 radical (unpaired) electrons. The van der Waals surface area contributed by atoms with Crippen molar-refractivity contribution in [1.29, 1.82) is 0 Å². The van der Waals surface area contributed by atoms with Gasteiger partial charge in [0, 0.05) is 31.0 Å². The minimum atomic E-state index is -0.589. The molecule has 1 aromatic carbocycles. The van der Waals surface area contributed by atoms with E-state index in [0.717, 1.165) is 42.6 Å². The molecule has 0 saturated heterocycles. The highest BCUT2D eigenvalue weighted by atomic mass is 16.6. The lowest BCUT2D eigenvalue weighted by Gasteiger charge is -2.30. The predicted octanol–water partition coefficient (Wildman–Crippen LogP) is 6.72. The van der Waals surface area contributed by atoms with Crippen LogP contribution in [0.3, 0.4) is 0 Å². The molecule has 0 aliphatic heterocycles. The van der Waals surface area contributed by atoms with E-state index in [9.17, 15) is 9.59 Å². The largest absolute Gasteiger partial charge is 0.444 e. The van der Waals surface area contributed by atoms with E-state index in [-0.39, 0.29) is 24.2 Å². The van der Waals surface area contributed by atoms with Crippen LogP contribution in [-0.4, -0.2) is 61.4 Å². The Morgan fingerprint density at radius 2 is 1.55 bits per heavy atom. The van der Waals surface area contributed by atoms with Gasteiger partial charge in [0.15, 0.2) is 11.5 Å². The van der Waals surface area contributed by atoms with Crippen molar-refractivity contribution in [3.8, 4) is 11.4 Å². The molecule has 47 heavy (non-hydrogen) atoms. The minimum absolute atomic E-state index is 0.0891. The van der Waals surface area contributed by atoms with Crippen molar-refractivity contribution in [3.05, 3.63) is 72.7 Å². The molecule has 4 N–H and O–H groups in total. The van der Waals surface area contributed by atoms with Gasteiger partial charge in [0.1, 0.15) is 17.0 Å². The summed E-state index contributed by atoms with van der Waals surface area (Å²) in [4.78, 5) is 38.8. The number of hydrogen-bond acceptors (Lipinski definition) is 9. The maximum atomic E-state index is 12.4. The summed E-state index contributed by atoms with van der Waals surface area (Å²) in [6, 6.07) is 15.7. The number of rotatable bonds is 9. The number of aromatic nitrogens is 4. The van der Waals surface area contributed by atoms with Gasteiger partial charge in [-0.15, -0.1) is 0 Å². The van der Waals surface area contributed by atoms with Crippen molar-refractivity contribution in [2.75, 3.05) is 17.2 Å². The van der Waals surface area contributed by atoms with Crippen LogP contribution in [0.2, 0.25) is 0 Å². The van der Waals surface area contributed by atoms with Crippen LogP contribution < -0.4 is 21.3 Å². The van der Waals surface area contributed by atoms with Crippen molar-refractivity contribution in [1.82, 2.24) is 30.0 Å². The second-order valence-electron chi connectivity index (χ2n) is 13.9. The molecule has 1 atom stereocenters. The van der Waals surface area contributed by atoms with Gasteiger partial charge in [-0.05, 0) is 84.9 Å². The third-order valence-corrected chi connectivity index (χ3v) is 7.60. The molecular weight excluding hydrogens is 596 g/mol. The molecule has 250 valence electrons. The molecule has 4 aromatic rings. The van der Waals surface area contributed by atoms with Crippen LogP contribution in [0.25, 0.3) is 17.0 Å². The molecule has 12 nitrogen and oxygen atoms in total. The summed E-state index contributed by atoms with van der Waals surface area (Å²) in [6.45, 7) is 11.4. The summed E-state index contributed by atoms with van der Waals surface area (Å²) in [7, 11) is 0. The molecule has 5 rings (SSSR count). The molecule has 1 aliphatic carbocycles. The van der Waals surface area contributed by atoms with Crippen molar-refractivity contribution < 1.29 is 19.1 Å². The lowest BCUT2D eigenvalue weighted by molar-refractivity contribution is 0.0488. The zero-order valence-corrected chi connectivity index (χ0v) is 28.0. The maximum absolute atomic E-state index is 12.4. The van der Waals surface area contributed by atoms with E-state index in [1.165, 1.54) is 0 Å². The summed E-state index contributed by atoms with van der Waals surface area (Å²) in [5, 5.41) is 12.9. The Morgan fingerprint density at radius 3 is 2.26 bits per heavy atom. The van der Waals surface area contributed by atoms with Crippen molar-refractivity contribution in [3.63, 3.8) is 0 Å². The highest BCUT2D eigenvalue weighted by molar-refractivity contribution is 5.70. The van der Waals surface area contributed by atoms with Crippen molar-refractivity contribution >= 4 is 29.5 Å². The summed E-state index contributed by atoms with van der Waals surface area (Å²) >= 11 is 0. The van der Waals surface area contributed by atoms with Crippen LogP contribution in [0.4, 0.5) is 21.2 Å². The molecular formula is C35H46N8O4. The minimum Gasteiger partial charge on any atom is -0.444 e. The van der Waals surface area contributed by atoms with E-state index >= 15 is 0 Å². The molecule has 3 aromatic heterocycles. The molecule has 1 aliphatic rings. The number of ether oxygens (including phenoxy) is 2. The average Bonchev–Trinajstić information content (AvgIpc) is 3.44. The van der Waals surface area contributed by atoms with E-state index in [1.807, 2.05) is 101 Å². The fourth-order valence-electron chi connectivity index (χ4n) is 5.53. The average molecular weight is 643 g/mol. The second kappa shape index (κ2) is 14.3. The SMILES string of the molecule is CC(C)(C)OC(=O)NCC(Nc1cccc(-c2cnc3c(N[C@H]4CC[C@H](NC(=O)OC(C)(C)C)CC4)nccn23)n1)c1ccccc1. The summed E-state index contributed by atoms with van der Waals surface area (Å²) in [5.41, 5.74) is 2.16. The van der Waals surface area contributed by atoms with Crippen LogP contribution in [0.1, 0.15) is 78.8 Å². The Hall–Kier alpha value is -4.87. The monoisotopic (exact) mass is 642 g/mol. The van der Waals surface area contributed by atoms with Gasteiger partial charge in [-0.3, -0.25) is 4.40 Å². The first-order chi connectivity index (χ1) is 22.3. The molecule has 1 fully saturated rings. The highest BCUT2D eigenvalue weighted by Gasteiger charge is 2.26. The van der Waals surface area contributed by atoms with Gasteiger partial charge < -0.3 is 30.7 Å². The number of imidazole rings is 1. The van der Waals surface area contributed by atoms with Crippen LogP contribution in [-0.2, 0) is 9.47 Å². The molecule has 0 bridgehead atoms. The first kappa shape index (κ1) is 33.5. The summed E-state index contributed by atoms with van der Waals surface area (Å²) in [6.07, 6.45) is 8.06. The van der Waals surface area contributed by atoms with Gasteiger partial charge in [0.25, 0.3) is 0 Å². The number of carbonyl (C=O) groups is 2. The van der Waals surface area contributed by atoms with Crippen LogP contribution >= 0.6 is 0 Å². The molecule has 0 spiro atoms. The number of alkyl carbamates (subject to hydrolysis) is 2. The van der Waals surface area contributed by atoms with E-state index in [0.29, 0.717) is 23.8 Å². The number of benzene rings is 1. The summed E-state index contributed by atoms with van der Waals surface area (Å²) < 4.78 is 12.8. The summed E-state index contributed by atoms with van der Waals surface area (Å²) in [5.74, 6) is 1.36. The number of nitrogens with one attached hydrogen (secondary N) is 4. The van der Waals surface area contributed by atoms with E-state index < -0.39 is 17.3 Å². The molecule has 2 amide bonds. The lowest BCUT2D eigenvalue weighted by Crippen LogP contribution is -2.42. The first-order valence-corrected chi connectivity index (χ1v) is 16.2. The second-order valence-corrected chi connectivity index (χ2v) is 13.9. The Labute approximate surface area is 276 Å². The normalized spacial score (nSPS) is 17.4. The predicted molar refractivity (Wildman–Crippen MR) is 182 cm³/mol. The molecule has 1 unspecified atom stereocenters. The Bertz CT molecular complexity index is 1650. The molecule has 3 heterocycles. The number of fused-ring (bicyclic) bond motifs is 1. The van der Waals surface area contributed by atoms with Crippen LogP contribution in [0.15, 0.2) is 67.1 Å². The van der Waals surface area contributed by atoms with E-state index in [1.54, 1.807) is 12.4 Å². The van der Waals surface area contributed by atoms with E-state index in [4.69, 9.17) is 19.4 Å². The van der Waals surface area contributed by atoms with Gasteiger partial charge in [-0.1, -0.05) is 36.4 Å². The van der Waals surface area contributed by atoms with Crippen molar-refractivity contribution in [2.45, 2.75) is 96.6 Å². The lowest BCUT2D eigenvalue weighted by atomic mass is 9.91.